The van der Waals surface area contributed by atoms with Gasteiger partial charge in [-0.3, -0.25) is 4.79 Å². The minimum atomic E-state index is -0.736. The number of fused-ring (bicyclic) bond motifs is 5. The molecule has 3 heteroatoms. The van der Waals surface area contributed by atoms with E-state index >= 15 is 0 Å². The van der Waals surface area contributed by atoms with Crippen LogP contribution in [0.2, 0.25) is 0 Å². The van der Waals surface area contributed by atoms with Crippen molar-refractivity contribution in [3.05, 3.63) is 11.6 Å². The maximum absolute atomic E-state index is 12.4. The SMILES string of the molecule is CC12CCC3C(CC=C4CC(O)CCC43C)C1C[C@@H](O)C2=O. The van der Waals surface area contributed by atoms with Crippen molar-refractivity contribution in [3.63, 3.8) is 0 Å². The second kappa shape index (κ2) is 4.67. The van der Waals surface area contributed by atoms with Crippen molar-refractivity contribution in [2.24, 2.45) is 28.6 Å². The van der Waals surface area contributed by atoms with Crippen LogP contribution in [0.4, 0.5) is 0 Å². The Morgan fingerprint density at radius 2 is 1.82 bits per heavy atom. The van der Waals surface area contributed by atoms with Crippen LogP contribution in [-0.4, -0.2) is 28.2 Å². The van der Waals surface area contributed by atoms with Gasteiger partial charge in [-0.05, 0) is 68.1 Å². The van der Waals surface area contributed by atoms with Crippen LogP contribution in [0, 0.1) is 28.6 Å². The zero-order valence-corrected chi connectivity index (χ0v) is 13.7. The molecular weight excluding hydrogens is 276 g/mol. The summed E-state index contributed by atoms with van der Waals surface area (Å²) in [6, 6.07) is 0. The molecule has 4 aliphatic carbocycles. The molecule has 6 unspecified atom stereocenters. The van der Waals surface area contributed by atoms with Crippen molar-refractivity contribution in [1.82, 2.24) is 0 Å². The lowest BCUT2D eigenvalue weighted by molar-refractivity contribution is -0.136. The fourth-order valence-electron chi connectivity index (χ4n) is 6.43. The zero-order valence-electron chi connectivity index (χ0n) is 13.7. The van der Waals surface area contributed by atoms with Gasteiger partial charge in [0.15, 0.2) is 5.78 Å². The molecule has 3 nitrogen and oxygen atoms in total. The van der Waals surface area contributed by atoms with E-state index in [2.05, 4.69) is 19.9 Å². The molecule has 0 bridgehead atoms. The first-order valence-corrected chi connectivity index (χ1v) is 8.96. The van der Waals surface area contributed by atoms with Crippen molar-refractivity contribution < 1.29 is 15.0 Å². The highest BCUT2D eigenvalue weighted by Gasteiger charge is 2.60. The monoisotopic (exact) mass is 304 g/mol. The summed E-state index contributed by atoms with van der Waals surface area (Å²) in [7, 11) is 0. The molecule has 4 aliphatic rings. The lowest BCUT2D eigenvalue weighted by Crippen LogP contribution is -2.50. The van der Waals surface area contributed by atoms with Crippen molar-refractivity contribution in [2.45, 2.75) is 71.0 Å². The summed E-state index contributed by atoms with van der Waals surface area (Å²) in [5, 5.41) is 20.1. The molecule has 0 aromatic carbocycles. The topological polar surface area (TPSA) is 57.5 Å². The largest absolute Gasteiger partial charge is 0.393 e. The van der Waals surface area contributed by atoms with Crippen molar-refractivity contribution in [1.29, 1.82) is 0 Å². The number of hydrogen-bond donors (Lipinski definition) is 2. The third-order valence-corrected chi connectivity index (χ3v) is 7.81. The lowest BCUT2D eigenvalue weighted by Gasteiger charge is -2.56. The summed E-state index contributed by atoms with van der Waals surface area (Å²) in [5.41, 5.74) is 1.37. The van der Waals surface area contributed by atoms with Gasteiger partial charge in [0.1, 0.15) is 6.10 Å². The maximum atomic E-state index is 12.4. The van der Waals surface area contributed by atoms with Crippen LogP contribution in [0.1, 0.15) is 58.8 Å². The van der Waals surface area contributed by atoms with Gasteiger partial charge >= 0.3 is 0 Å². The summed E-state index contributed by atoms with van der Waals surface area (Å²) in [6.45, 7) is 4.48. The minimum absolute atomic E-state index is 0.0925. The first-order valence-electron chi connectivity index (χ1n) is 8.96. The predicted octanol–water partition coefficient (Wildman–Crippen LogP) is 2.85. The van der Waals surface area contributed by atoms with Gasteiger partial charge < -0.3 is 10.2 Å². The van der Waals surface area contributed by atoms with Gasteiger partial charge in [0, 0.05) is 5.41 Å². The second-order valence-electron chi connectivity index (χ2n) is 8.73. The molecule has 0 amide bonds. The Bertz CT molecular complexity index is 539. The van der Waals surface area contributed by atoms with Gasteiger partial charge in [-0.1, -0.05) is 25.5 Å². The van der Waals surface area contributed by atoms with Gasteiger partial charge in [-0.2, -0.15) is 0 Å². The second-order valence-corrected chi connectivity index (χ2v) is 8.73. The number of carbonyl (C=O) groups is 1. The van der Waals surface area contributed by atoms with Gasteiger partial charge in [-0.15, -0.1) is 0 Å². The molecule has 7 atom stereocenters. The number of allylic oxidation sites excluding steroid dienone is 1. The molecule has 3 fully saturated rings. The number of ketones is 1. The van der Waals surface area contributed by atoms with E-state index in [1.54, 1.807) is 0 Å². The molecule has 3 saturated carbocycles. The summed E-state index contributed by atoms with van der Waals surface area (Å²) >= 11 is 0. The molecule has 0 spiro atoms. The number of aliphatic hydroxyl groups is 2. The van der Waals surface area contributed by atoms with Crippen LogP contribution in [0.15, 0.2) is 11.6 Å². The lowest BCUT2D eigenvalue weighted by atomic mass is 9.48. The van der Waals surface area contributed by atoms with E-state index in [0.29, 0.717) is 24.2 Å². The summed E-state index contributed by atoms with van der Waals surface area (Å²) in [6.07, 6.45) is 8.00. The van der Waals surface area contributed by atoms with E-state index in [0.717, 1.165) is 38.5 Å². The van der Waals surface area contributed by atoms with Crippen LogP contribution < -0.4 is 0 Å². The molecule has 122 valence electrons. The van der Waals surface area contributed by atoms with Crippen LogP contribution in [0.25, 0.3) is 0 Å². The first-order chi connectivity index (χ1) is 10.4. The number of hydrogen-bond acceptors (Lipinski definition) is 3. The normalized spacial score (nSPS) is 54.3. The van der Waals surface area contributed by atoms with E-state index in [4.69, 9.17) is 0 Å². The summed E-state index contributed by atoms with van der Waals surface area (Å²) in [4.78, 5) is 12.4. The Balaban J connectivity index is 1.70. The molecule has 22 heavy (non-hydrogen) atoms. The molecule has 0 heterocycles. The Kier molecular flexibility index (Phi) is 3.16. The highest BCUT2D eigenvalue weighted by atomic mass is 16.3. The van der Waals surface area contributed by atoms with Crippen LogP contribution in [-0.2, 0) is 4.79 Å². The average Bonchev–Trinajstić information content (AvgIpc) is 2.72. The highest BCUT2D eigenvalue weighted by Crippen LogP contribution is 2.63. The number of Topliss-reactive ketones (excluding diaryl/α,β-unsaturated/α-hetero) is 1. The number of aliphatic hydroxyl groups excluding tert-OH is 2. The predicted molar refractivity (Wildman–Crippen MR) is 84.1 cm³/mol. The quantitative estimate of drug-likeness (QED) is 0.677. The smallest absolute Gasteiger partial charge is 0.167 e. The van der Waals surface area contributed by atoms with Crippen LogP contribution >= 0.6 is 0 Å². The minimum Gasteiger partial charge on any atom is -0.393 e. The maximum Gasteiger partial charge on any atom is 0.167 e. The Morgan fingerprint density at radius 3 is 2.59 bits per heavy atom. The average molecular weight is 304 g/mol. The van der Waals surface area contributed by atoms with E-state index in [-0.39, 0.29) is 22.7 Å². The fraction of sp³-hybridized carbons (Fsp3) is 0.842. The molecule has 0 radical (unpaired) electrons. The molecule has 0 aromatic heterocycles. The molecule has 0 saturated heterocycles. The Hall–Kier alpha value is -0.670. The highest BCUT2D eigenvalue weighted by molar-refractivity contribution is 5.91. The molecule has 2 N–H and O–H groups in total. The number of carbonyl (C=O) groups excluding carboxylic acids is 1. The van der Waals surface area contributed by atoms with Crippen molar-refractivity contribution in [2.75, 3.05) is 0 Å². The van der Waals surface area contributed by atoms with E-state index in [1.807, 2.05) is 0 Å². The number of rotatable bonds is 0. The van der Waals surface area contributed by atoms with E-state index < -0.39 is 6.10 Å². The van der Waals surface area contributed by atoms with Gasteiger partial charge in [0.2, 0.25) is 0 Å². The van der Waals surface area contributed by atoms with E-state index in [9.17, 15) is 15.0 Å². The molecule has 0 aromatic rings. The third kappa shape index (κ3) is 1.78. The third-order valence-electron chi connectivity index (χ3n) is 7.81. The fourth-order valence-corrected chi connectivity index (χ4v) is 6.43. The zero-order chi connectivity index (χ0) is 15.7. The molecule has 0 aliphatic heterocycles. The molecular formula is C19H28O3. The molecule has 4 rings (SSSR count). The standard InChI is InChI=1S/C19H28O3/c1-18-7-5-12(20)9-11(18)3-4-13-14(18)6-8-19(2)15(13)10-16(21)17(19)22/h3,12-16,20-21H,4-10H2,1-2H3/t12?,13?,14?,15?,16-,18?,19?/m1/s1. The van der Waals surface area contributed by atoms with Gasteiger partial charge in [0.05, 0.1) is 6.10 Å². The summed E-state index contributed by atoms with van der Waals surface area (Å²) in [5.74, 6) is 1.59. The van der Waals surface area contributed by atoms with Gasteiger partial charge in [0.25, 0.3) is 0 Å². The van der Waals surface area contributed by atoms with Crippen molar-refractivity contribution >= 4 is 5.78 Å². The van der Waals surface area contributed by atoms with Gasteiger partial charge in [-0.25, -0.2) is 0 Å². The van der Waals surface area contributed by atoms with Crippen LogP contribution in [0.3, 0.4) is 0 Å². The van der Waals surface area contributed by atoms with Crippen LogP contribution in [0.5, 0.6) is 0 Å². The van der Waals surface area contributed by atoms with E-state index in [1.165, 1.54) is 5.57 Å². The summed E-state index contributed by atoms with van der Waals surface area (Å²) < 4.78 is 0. The Labute approximate surface area is 132 Å². The first kappa shape index (κ1) is 14.9. The Morgan fingerprint density at radius 1 is 1.09 bits per heavy atom. The van der Waals surface area contributed by atoms with Crippen molar-refractivity contribution in [3.8, 4) is 0 Å².